The van der Waals surface area contributed by atoms with Crippen LogP contribution in [0.2, 0.25) is 0 Å². The van der Waals surface area contributed by atoms with Gasteiger partial charge in [0.25, 0.3) is 0 Å². The summed E-state index contributed by atoms with van der Waals surface area (Å²) in [7, 11) is 0. The topological polar surface area (TPSA) is 66.8 Å². The molecule has 3 rings (SSSR count). The highest BCUT2D eigenvalue weighted by Gasteiger charge is 2.43. The first kappa shape index (κ1) is 20.6. The summed E-state index contributed by atoms with van der Waals surface area (Å²) in [6, 6.07) is 16.3. The number of imide groups is 1. The Morgan fingerprint density at radius 1 is 1.14 bits per heavy atom. The van der Waals surface area contributed by atoms with Gasteiger partial charge in [-0.1, -0.05) is 91.3 Å². The maximum Gasteiger partial charge on any atom is 0.417 e. The smallest absolute Gasteiger partial charge is 0.417 e. The molecule has 1 fully saturated rings. The third-order valence-corrected chi connectivity index (χ3v) is 5.82. The standard InChI is InChI=1S/C22H24BrNO4/c1-22(2,3)16-11-9-15(10-12-16)19(25)18(23)20(26)24-17(13-28-21(24)27)14-7-5-4-6-8-14/h4-12,17-19,25H,13H2,1-3H3/t17-,18+,19+/m1/s1. The summed E-state index contributed by atoms with van der Waals surface area (Å²) in [5.74, 6) is -0.524. The second-order valence-electron chi connectivity index (χ2n) is 7.93. The minimum absolute atomic E-state index is 0.00464. The quantitative estimate of drug-likeness (QED) is 0.703. The summed E-state index contributed by atoms with van der Waals surface area (Å²) in [5, 5.41) is 10.7. The molecule has 0 aromatic heterocycles. The monoisotopic (exact) mass is 445 g/mol. The second-order valence-corrected chi connectivity index (χ2v) is 8.92. The van der Waals surface area contributed by atoms with Crippen molar-refractivity contribution >= 4 is 27.9 Å². The highest BCUT2D eigenvalue weighted by Crippen LogP contribution is 2.33. The molecule has 2 aromatic carbocycles. The van der Waals surface area contributed by atoms with Crippen LogP contribution in [0.1, 0.15) is 49.6 Å². The van der Waals surface area contributed by atoms with E-state index < -0.39 is 29.0 Å². The van der Waals surface area contributed by atoms with Crippen LogP contribution in [0.4, 0.5) is 4.79 Å². The normalized spacial score (nSPS) is 19.2. The molecule has 3 atom stereocenters. The zero-order chi connectivity index (χ0) is 20.5. The van der Waals surface area contributed by atoms with E-state index in [1.165, 1.54) is 0 Å². The third kappa shape index (κ3) is 4.13. The van der Waals surface area contributed by atoms with Gasteiger partial charge in [0.15, 0.2) is 0 Å². The summed E-state index contributed by atoms with van der Waals surface area (Å²) in [6.07, 6.45) is -1.79. The highest BCUT2D eigenvalue weighted by molar-refractivity contribution is 9.10. The maximum atomic E-state index is 13.0. The number of carbonyl (C=O) groups excluding carboxylic acids is 2. The lowest BCUT2D eigenvalue weighted by Crippen LogP contribution is -2.41. The summed E-state index contributed by atoms with van der Waals surface area (Å²) < 4.78 is 5.11. The van der Waals surface area contributed by atoms with Gasteiger partial charge in [-0.25, -0.2) is 9.69 Å². The number of ether oxygens (including phenoxy) is 1. The van der Waals surface area contributed by atoms with Gasteiger partial charge in [0.05, 0.1) is 0 Å². The molecule has 0 unspecified atom stereocenters. The average molecular weight is 446 g/mol. The number of halogens is 1. The van der Waals surface area contributed by atoms with E-state index in [0.717, 1.165) is 16.0 Å². The van der Waals surface area contributed by atoms with Crippen LogP contribution >= 0.6 is 15.9 Å². The van der Waals surface area contributed by atoms with Crippen LogP contribution in [-0.4, -0.2) is 33.4 Å². The molecule has 0 spiro atoms. The SMILES string of the molecule is CC(C)(C)c1ccc([C@H](O)[C@H](Br)C(=O)N2C(=O)OC[C@@H]2c2ccccc2)cc1. The van der Waals surface area contributed by atoms with Gasteiger partial charge in [-0.2, -0.15) is 0 Å². The maximum absolute atomic E-state index is 13.0. The molecule has 0 bridgehead atoms. The number of nitrogens with zero attached hydrogens (tertiary/aromatic N) is 1. The number of alkyl halides is 1. The Kier molecular flexibility index (Phi) is 5.91. The van der Waals surface area contributed by atoms with Crippen molar-refractivity contribution in [2.45, 2.75) is 43.2 Å². The molecule has 0 radical (unpaired) electrons. The second kappa shape index (κ2) is 8.05. The van der Waals surface area contributed by atoms with E-state index in [1.807, 2.05) is 54.6 Å². The Balaban J connectivity index is 1.79. The molecule has 2 amide bonds. The van der Waals surface area contributed by atoms with Gasteiger partial charge in [0.2, 0.25) is 5.91 Å². The Labute approximate surface area is 173 Å². The zero-order valence-electron chi connectivity index (χ0n) is 16.1. The number of aliphatic hydroxyl groups is 1. The number of rotatable bonds is 4. The average Bonchev–Trinajstić information content (AvgIpc) is 3.07. The number of aliphatic hydroxyl groups excluding tert-OH is 1. The lowest BCUT2D eigenvalue weighted by molar-refractivity contribution is -0.130. The number of cyclic esters (lactones) is 1. The van der Waals surface area contributed by atoms with E-state index >= 15 is 0 Å². The van der Waals surface area contributed by atoms with Gasteiger partial charge in [0, 0.05) is 0 Å². The lowest BCUT2D eigenvalue weighted by Gasteiger charge is -2.25. The number of amides is 2. The number of benzene rings is 2. The van der Waals surface area contributed by atoms with Crippen LogP contribution in [0.3, 0.4) is 0 Å². The molecule has 1 saturated heterocycles. The van der Waals surface area contributed by atoms with Gasteiger partial charge in [-0.05, 0) is 22.1 Å². The van der Waals surface area contributed by atoms with Crippen molar-refractivity contribution in [2.24, 2.45) is 0 Å². The zero-order valence-corrected chi connectivity index (χ0v) is 17.7. The minimum Gasteiger partial charge on any atom is -0.446 e. The Morgan fingerprint density at radius 3 is 2.32 bits per heavy atom. The van der Waals surface area contributed by atoms with Gasteiger partial charge in [-0.15, -0.1) is 0 Å². The molecule has 1 aliphatic heterocycles. The highest BCUT2D eigenvalue weighted by atomic mass is 79.9. The van der Waals surface area contributed by atoms with E-state index in [1.54, 1.807) is 0 Å². The van der Waals surface area contributed by atoms with E-state index in [2.05, 4.69) is 36.7 Å². The minimum atomic E-state index is -1.09. The molecule has 0 aliphatic carbocycles. The first-order valence-electron chi connectivity index (χ1n) is 9.17. The summed E-state index contributed by atoms with van der Waals surface area (Å²) in [4.78, 5) is 25.3. The van der Waals surface area contributed by atoms with Crippen LogP contribution in [0.5, 0.6) is 0 Å². The number of hydrogen-bond donors (Lipinski definition) is 1. The van der Waals surface area contributed by atoms with Crippen LogP contribution in [0, 0.1) is 0 Å². The molecule has 6 heteroatoms. The molecule has 1 heterocycles. The summed E-state index contributed by atoms with van der Waals surface area (Å²) >= 11 is 3.29. The van der Waals surface area contributed by atoms with E-state index in [0.29, 0.717) is 5.56 Å². The van der Waals surface area contributed by atoms with E-state index in [4.69, 9.17) is 4.74 Å². The van der Waals surface area contributed by atoms with Gasteiger partial charge < -0.3 is 9.84 Å². The fourth-order valence-electron chi connectivity index (χ4n) is 3.20. The van der Waals surface area contributed by atoms with E-state index in [-0.39, 0.29) is 12.0 Å². The molecule has 148 valence electrons. The van der Waals surface area contributed by atoms with Crippen molar-refractivity contribution in [3.05, 3.63) is 71.3 Å². The van der Waals surface area contributed by atoms with Crippen LogP contribution in [-0.2, 0) is 14.9 Å². The first-order chi connectivity index (χ1) is 13.2. The molecule has 0 saturated carbocycles. The van der Waals surface area contributed by atoms with Crippen molar-refractivity contribution in [3.63, 3.8) is 0 Å². The molecule has 1 N–H and O–H groups in total. The molecule has 28 heavy (non-hydrogen) atoms. The largest absolute Gasteiger partial charge is 0.446 e. The summed E-state index contributed by atoms with van der Waals surface area (Å²) in [6.45, 7) is 6.43. The Morgan fingerprint density at radius 2 is 1.75 bits per heavy atom. The fourth-order valence-corrected chi connectivity index (χ4v) is 3.73. The third-order valence-electron chi connectivity index (χ3n) is 4.93. The van der Waals surface area contributed by atoms with Crippen molar-refractivity contribution in [2.75, 3.05) is 6.61 Å². The molecule has 1 aliphatic rings. The predicted molar refractivity (Wildman–Crippen MR) is 110 cm³/mol. The van der Waals surface area contributed by atoms with Crippen molar-refractivity contribution in [1.82, 2.24) is 4.90 Å². The van der Waals surface area contributed by atoms with Crippen LogP contribution < -0.4 is 0 Å². The molecular weight excluding hydrogens is 422 g/mol. The van der Waals surface area contributed by atoms with Gasteiger partial charge in [0.1, 0.15) is 23.6 Å². The first-order valence-corrected chi connectivity index (χ1v) is 10.1. The lowest BCUT2D eigenvalue weighted by atomic mass is 9.86. The number of hydrogen-bond acceptors (Lipinski definition) is 4. The molecular formula is C22H24BrNO4. The van der Waals surface area contributed by atoms with Crippen LogP contribution in [0.15, 0.2) is 54.6 Å². The van der Waals surface area contributed by atoms with Crippen molar-refractivity contribution in [1.29, 1.82) is 0 Å². The van der Waals surface area contributed by atoms with E-state index in [9.17, 15) is 14.7 Å². The fraction of sp³-hybridized carbons (Fsp3) is 0.364. The van der Waals surface area contributed by atoms with Crippen LogP contribution in [0.25, 0.3) is 0 Å². The van der Waals surface area contributed by atoms with Gasteiger partial charge >= 0.3 is 6.09 Å². The molecule has 2 aromatic rings. The van der Waals surface area contributed by atoms with Crippen molar-refractivity contribution in [3.8, 4) is 0 Å². The Hall–Kier alpha value is -2.18. The summed E-state index contributed by atoms with van der Waals surface area (Å²) in [5.41, 5.74) is 2.54. The van der Waals surface area contributed by atoms with Crippen molar-refractivity contribution < 1.29 is 19.4 Å². The number of carbonyl (C=O) groups is 2. The predicted octanol–water partition coefficient (Wildman–Crippen LogP) is 4.50. The molecule has 5 nitrogen and oxygen atoms in total. The Bertz CT molecular complexity index is 845. The van der Waals surface area contributed by atoms with Gasteiger partial charge in [-0.3, -0.25) is 4.79 Å².